The Kier molecular flexibility index (Phi) is 10.5. The van der Waals surface area contributed by atoms with Gasteiger partial charge in [0.1, 0.15) is 17.6 Å². The highest BCUT2D eigenvalue weighted by Crippen LogP contribution is 2.18. The number of carbonyl (C=O) groups excluding carboxylic acids is 2. The molecule has 0 bridgehead atoms. The zero-order chi connectivity index (χ0) is 25.8. The van der Waals surface area contributed by atoms with Crippen LogP contribution in [0, 0.1) is 5.82 Å². The number of rotatable bonds is 13. The number of ether oxygens (including phenoxy) is 1. The van der Waals surface area contributed by atoms with Crippen molar-refractivity contribution < 1.29 is 18.7 Å². The predicted molar refractivity (Wildman–Crippen MR) is 140 cm³/mol. The van der Waals surface area contributed by atoms with Crippen LogP contribution >= 0.6 is 0 Å². The molecule has 0 radical (unpaired) electrons. The van der Waals surface area contributed by atoms with Crippen molar-refractivity contribution in [2.24, 2.45) is 0 Å². The number of amides is 2. The summed E-state index contributed by atoms with van der Waals surface area (Å²) in [6.07, 6.45) is 1.91. The maximum Gasteiger partial charge on any atom is 0.243 e. The molecule has 2 amide bonds. The fourth-order valence-corrected chi connectivity index (χ4v) is 3.86. The monoisotopic (exact) mass is 490 g/mol. The van der Waals surface area contributed by atoms with E-state index in [0.717, 1.165) is 23.3 Å². The molecule has 5 nitrogen and oxygen atoms in total. The molecule has 0 aliphatic heterocycles. The van der Waals surface area contributed by atoms with E-state index in [2.05, 4.69) is 5.32 Å². The molecule has 6 heteroatoms. The fourth-order valence-electron chi connectivity index (χ4n) is 3.86. The van der Waals surface area contributed by atoms with Gasteiger partial charge in [0.15, 0.2) is 0 Å². The lowest BCUT2D eigenvalue weighted by atomic mass is 10.0. The van der Waals surface area contributed by atoms with Crippen molar-refractivity contribution in [3.05, 3.63) is 102 Å². The lowest BCUT2D eigenvalue weighted by molar-refractivity contribution is -0.141. The highest BCUT2D eigenvalue weighted by atomic mass is 19.1. The highest BCUT2D eigenvalue weighted by molar-refractivity contribution is 5.88. The Morgan fingerprint density at radius 3 is 2.19 bits per heavy atom. The van der Waals surface area contributed by atoms with Gasteiger partial charge < -0.3 is 15.0 Å². The SMILES string of the molecule is CC[C@H](C)NC(=O)[C@H](Cc1ccccc1)N(Cc1ccc(F)cc1)C(=O)CCCOc1ccccc1. The Morgan fingerprint density at radius 2 is 1.56 bits per heavy atom. The minimum atomic E-state index is -0.700. The quantitative estimate of drug-likeness (QED) is 0.320. The Balaban J connectivity index is 1.80. The normalized spacial score (nSPS) is 12.4. The number of para-hydroxylation sites is 1. The molecule has 0 aliphatic carbocycles. The molecule has 2 atom stereocenters. The number of hydrogen-bond donors (Lipinski definition) is 1. The zero-order valence-electron chi connectivity index (χ0n) is 21.0. The van der Waals surface area contributed by atoms with Crippen LogP contribution in [0.2, 0.25) is 0 Å². The van der Waals surface area contributed by atoms with Crippen LogP contribution in [0.1, 0.15) is 44.2 Å². The first-order chi connectivity index (χ1) is 17.5. The van der Waals surface area contributed by atoms with Crippen LogP contribution in [0.3, 0.4) is 0 Å². The smallest absolute Gasteiger partial charge is 0.243 e. The third kappa shape index (κ3) is 8.52. The van der Waals surface area contributed by atoms with E-state index < -0.39 is 6.04 Å². The van der Waals surface area contributed by atoms with Crippen molar-refractivity contribution in [1.29, 1.82) is 0 Å². The van der Waals surface area contributed by atoms with E-state index in [1.165, 1.54) is 12.1 Å². The summed E-state index contributed by atoms with van der Waals surface area (Å²) in [6, 6.07) is 24.5. The molecular formula is C30H35FN2O3. The van der Waals surface area contributed by atoms with Gasteiger partial charge in [-0.15, -0.1) is 0 Å². The van der Waals surface area contributed by atoms with Gasteiger partial charge in [0.05, 0.1) is 6.61 Å². The molecule has 0 unspecified atom stereocenters. The van der Waals surface area contributed by atoms with Gasteiger partial charge in [-0.25, -0.2) is 4.39 Å². The lowest BCUT2D eigenvalue weighted by Gasteiger charge is -2.32. The summed E-state index contributed by atoms with van der Waals surface area (Å²) < 4.78 is 19.3. The van der Waals surface area contributed by atoms with Crippen molar-refractivity contribution in [2.75, 3.05) is 6.61 Å². The van der Waals surface area contributed by atoms with Crippen LogP contribution in [0.5, 0.6) is 5.75 Å². The molecule has 3 aromatic carbocycles. The minimum absolute atomic E-state index is 0.0159. The Bertz CT molecular complexity index is 1070. The van der Waals surface area contributed by atoms with E-state index in [1.54, 1.807) is 17.0 Å². The molecule has 1 N–H and O–H groups in total. The molecule has 0 saturated heterocycles. The number of hydrogen-bond acceptors (Lipinski definition) is 3. The van der Waals surface area contributed by atoms with E-state index in [1.807, 2.05) is 74.5 Å². The van der Waals surface area contributed by atoms with Crippen molar-refractivity contribution in [1.82, 2.24) is 10.2 Å². The van der Waals surface area contributed by atoms with Crippen molar-refractivity contribution >= 4 is 11.8 Å². The average molecular weight is 491 g/mol. The fraction of sp³-hybridized carbons (Fsp3) is 0.333. The minimum Gasteiger partial charge on any atom is -0.494 e. The summed E-state index contributed by atoms with van der Waals surface area (Å²) in [7, 11) is 0. The van der Waals surface area contributed by atoms with E-state index in [0.29, 0.717) is 19.4 Å². The van der Waals surface area contributed by atoms with Crippen LogP contribution in [-0.2, 0) is 22.6 Å². The summed E-state index contributed by atoms with van der Waals surface area (Å²) in [5, 5.41) is 3.05. The van der Waals surface area contributed by atoms with Gasteiger partial charge in [0.25, 0.3) is 0 Å². The molecule has 36 heavy (non-hydrogen) atoms. The topological polar surface area (TPSA) is 58.6 Å². The number of nitrogens with one attached hydrogen (secondary N) is 1. The number of nitrogens with zero attached hydrogens (tertiary/aromatic N) is 1. The Labute approximate surface area is 213 Å². The first-order valence-corrected chi connectivity index (χ1v) is 12.5. The molecular weight excluding hydrogens is 455 g/mol. The van der Waals surface area contributed by atoms with Gasteiger partial charge in [0, 0.05) is 25.4 Å². The van der Waals surface area contributed by atoms with Gasteiger partial charge in [-0.2, -0.15) is 0 Å². The van der Waals surface area contributed by atoms with Gasteiger partial charge in [0.2, 0.25) is 11.8 Å². The molecule has 0 aliphatic rings. The van der Waals surface area contributed by atoms with E-state index in [4.69, 9.17) is 4.74 Å². The zero-order valence-corrected chi connectivity index (χ0v) is 21.0. The summed E-state index contributed by atoms with van der Waals surface area (Å²) in [6.45, 7) is 4.56. The van der Waals surface area contributed by atoms with Gasteiger partial charge in [-0.05, 0) is 55.2 Å². The largest absolute Gasteiger partial charge is 0.494 e. The second-order valence-electron chi connectivity index (χ2n) is 8.94. The first-order valence-electron chi connectivity index (χ1n) is 12.5. The van der Waals surface area contributed by atoms with Crippen LogP contribution in [0.25, 0.3) is 0 Å². The van der Waals surface area contributed by atoms with Gasteiger partial charge in [-0.1, -0.05) is 67.6 Å². The Hall–Kier alpha value is -3.67. The average Bonchev–Trinajstić information content (AvgIpc) is 2.90. The van der Waals surface area contributed by atoms with Crippen LogP contribution in [0.4, 0.5) is 4.39 Å². The molecule has 3 aromatic rings. The van der Waals surface area contributed by atoms with Crippen LogP contribution in [-0.4, -0.2) is 35.4 Å². The predicted octanol–water partition coefficient (Wildman–Crippen LogP) is 5.54. The summed E-state index contributed by atoms with van der Waals surface area (Å²) in [5.41, 5.74) is 1.73. The maximum atomic E-state index is 13.5. The molecule has 0 fully saturated rings. The molecule has 0 saturated carbocycles. The van der Waals surface area contributed by atoms with E-state index >= 15 is 0 Å². The molecule has 0 heterocycles. The van der Waals surface area contributed by atoms with Gasteiger partial charge in [-0.3, -0.25) is 9.59 Å². The van der Waals surface area contributed by atoms with Crippen LogP contribution in [0.15, 0.2) is 84.9 Å². The van der Waals surface area contributed by atoms with Crippen LogP contribution < -0.4 is 10.1 Å². The number of halogens is 1. The standard InChI is InChI=1S/C30H35FN2O3/c1-3-23(2)32-30(35)28(21-24-11-6-4-7-12-24)33(22-25-16-18-26(31)19-17-25)29(34)15-10-20-36-27-13-8-5-9-14-27/h4-9,11-14,16-19,23,28H,3,10,15,20-22H2,1-2H3,(H,32,35)/t23-,28-/m0/s1. The molecule has 0 aromatic heterocycles. The number of benzene rings is 3. The van der Waals surface area contributed by atoms with Crippen molar-refractivity contribution in [3.8, 4) is 5.75 Å². The molecule has 190 valence electrons. The third-order valence-corrected chi connectivity index (χ3v) is 6.09. The Morgan fingerprint density at radius 1 is 0.917 bits per heavy atom. The van der Waals surface area contributed by atoms with Crippen molar-refractivity contribution in [2.45, 2.75) is 58.2 Å². The molecule has 3 rings (SSSR count). The van der Waals surface area contributed by atoms with Crippen molar-refractivity contribution in [3.63, 3.8) is 0 Å². The van der Waals surface area contributed by atoms with E-state index in [9.17, 15) is 14.0 Å². The summed E-state index contributed by atoms with van der Waals surface area (Å²) >= 11 is 0. The van der Waals surface area contributed by atoms with Gasteiger partial charge >= 0.3 is 0 Å². The summed E-state index contributed by atoms with van der Waals surface area (Å²) in [4.78, 5) is 28.6. The second kappa shape index (κ2) is 14.0. The van der Waals surface area contributed by atoms with E-state index in [-0.39, 0.29) is 36.6 Å². The number of carbonyl (C=O) groups is 2. The maximum absolute atomic E-state index is 13.5. The lowest BCUT2D eigenvalue weighted by Crippen LogP contribution is -2.52. The third-order valence-electron chi connectivity index (χ3n) is 6.09. The second-order valence-corrected chi connectivity index (χ2v) is 8.94. The molecule has 0 spiro atoms. The summed E-state index contributed by atoms with van der Waals surface area (Å²) in [5.74, 6) is 0.0773. The first kappa shape index (κ1) is 26.9. The highest BCUT2D eigenvalue weighted by Gasteiger charge is 2.30.